The predicted octanol–water partition coefficient (Wildman–Crippen LogP) is 4.20. The van der Waals surface area contributed by atoms with Gasteiger partial charge in [-0.15, -0.1) is 0 Å². The van der Waals surface area contributed by atoms with Crippen molar-refractivity contribution in [3.63, 3.8) is 0 Å². The zero-order valence-electron chi connectivity index (χ0n) is 19.6. The summed E-state index contributed by atoms with van der Waals surface area (Å²) in [5, 5.41) is 7.03. The van der Waals surface area contributed by atoms with Crippen LogP contribution in [0.4, 0.5) is 0 Å². The molecule has 0 radical (unpaired) electrons. The second-order valence-corrected chi connectivity index (χ2v) is 9.88. The molecule has 3 heterocycles. The van der Waals surface area contributed by atoms with E-state index in [0.29, 0.717) is 24.5 Å². The van der Waals surface area contributed by atoms with E-state index in [1.807, 2.05) is 19.1 Å². The Morgan fingerprint density at radius 1 is 1.12 bits per heavy atom. The fourth-order valence-corrected chi connectivity index (χ4v) is 5.64. The Kier molecular flexibility index (Phi) is 6.85. The highest BCUT2D eigenvalue weighted by atomic mass is 16.7. The lowest BCUT2D eigenvalue weighted by molar-refractivity contribution is -0.121. The summed E-state index contributed by atoms with van der Waals surface area (Å²) in [5.74, 6) is 3.89. The SMILES string of the molecule is Cc1cc(CC(=O)NC2CCC(CCN3CCC(c4cccc5c4OCO5)CC3)CC2)on1. The molecule has 0 bridgehead atoms. The van der Waals surface area contributed by atoms with Crippen LogP contribution in [-0.4, -0.2) is 48.4 Å². The fraction of sp³-hybridized carbons (Fsp3) is 0.615. The maximum absolute atomic E-state index is 12.3. The van der Waals surface area contributed by atoms with E-state index in [9.17, 15) is 4.79 Å². The first-order chi connectivity index (χ1) is 16.1. The summed E-state index contributed by atoms with van der Waals surface area (Å²) in [4.78, 5) is 14.9. The van der Waals surface area contributed by atoms with Gasteiger partial charge in [-0.3, -0.25) is 4.79 Å². The van der Waals surface area contributed by atoms with E-state index >= 15 is 0 Å². The smallest absolute Gasteiger partial charge is 0.231 e. The Labute approximate surface area is 195 Å². The molecule has 178 valence electrons. The molecule has 1 aliphatic carbocycles. The van der Waals surface area contributed by atoms with Crippen molar-refractivity contribution < 1.29 is 18.8 Å². The van der Waals surface area contributed by atoms with Crippen LogP contribution in [0.1, 0.15) is 67.9 Å². The first kappa shape index (κ1) is 22.3. The van der Waals surface area contributed by atoms with Gasteiger partial charge in [-0.2, -0.15) is 0 Å². The van der Waals surface area contributed by atoms with Crippen LogP contribution >= 0.6 is 0 Å². The summed E-state index contributed by atoms with van der Waals surface area (Å²) in [7, 11) is 0. The fourth-order valence-electron chi connectivity index (χ4n) is 5.64. The van der Waals surface area contributed by atoms with Crippen molar-refractivity contribution in [3.8, 4) is 11.5 Å². The van der Waals surface area contributed by atoms with Gasteiger partial charge in [-0.1, -0.05) is 17.3 Å². The molecule has 7 nitrogen and oxygen atoms in total. The first-order valence-electron chi connectivity index (χ1n) is 12.5. The standard InChI is InChI=1S/C26H35N3O4/c1-18-15-22(33-28-18)16-25(30)27-21-7-5-19(6-8-21)9-12-29-13-10-20(11-14-29)23-3-2-4-24-26(23)32-17-31-24/h2-4,15,19-21H,5-14,16-17H2,1H3,(H,27,30). The van der Waals surface area contributed by atoms with Crippen LogP contribution in [0.2, 0.25) is 0 Å². The largest absolute Gasteiger partial charge is 0.454 e. The second kappa shape index (κ2) is 10.2. The van der Waals surface area contributed by atoms with E-state index in [0.717, 1.165) is 49.0 Å². The molecule has 2 aromatic rings. The van der Waals surface area contributed by atoms with E-state index in [1.165, 1.54) is 44.2 Å². The molecule has 1 saturated carbocycles. The second-order valence-electron chi connectivity index (χ2n) is 9.88. The number of aromatic nitrogens is 1. The molecule has 0 spiro atoms. The van der Waals surface area contributed by atoms with Crippen LogP contribution in [0.25, 0.3) is 0 Å². The van der Waals surface area contributed by atoms with Gasteiger partial charge in [0.1, 0.15) is 5.76 Å². The summed E-state index contributed by atoms with van der Waals surface area (Å²) in [6.07, 6.45) is 8.48. The minimum Gasteiger partial charge on any atom is -0.454 e. The molecule has 2 fully saturated rings. The third kappa shape index (κ3) is 5.52. The molecule has 1 aromatic carbocycles. The van der Waals surface area contributed by atoms with Crippen molar-refractivity contribution in [2.45, 2.75) is 70.3 Å². The van der Waals surface area contributed by atoms with Gasteiger partial charge >= 0.3 is 0 Å². The van der Waals surface area contributed by atoms with E-state index in [2.05, 4.69) is 27.5 Å². The summed E-state index contributed by atoms with van der Waals surface area (Å²) in [6.45, 7) is 5.71. The quantitative estimate of drug-likeness (QED) is 0.677. The third-order valence-electron chi connectivity index (χ3n) is 7.53. The number of ether oxygens (including phenoxy) is 2. The average molecular weight is 454 g/mol. The number of carbonyl (C=O) groups excluding carboxylic acids is 1. The highest BCUT2D eigenvalue weighted by Crippen LogP contribution is 2.42. The molecule has 1 saturated heterocycles. The number of rotatable bonds is 7. The molecule has 2 aliphatic heterocycles. The molecular formula is C26H35N3O4. The molecule has 1 amide bonds. The normalized spacial score (nSPS) is 23.5. The van der Waals surface area contributed by atoms with Crippen LogP contribution in [0.15, 0.2) is 28.8 Å². The van der Waals surface area contributed by atoms with Gasteiger partial charge in [0.2, 0.25) is 12.7 Å². The minimum absolute atomic E-state index is 0.0403. The number of piperidine rings is 1. The maximum Gasteiger partial charge on any atom is 0.231 e. The number of para-hydroxylation sites is 1. The van der Waals surface area contributed by atoms with Crippen LogP contribution < -0.4 is 14.8 Å². The number of aryl methyl sites for hydroxylation is 1. The van der Waals surface area contributed by atoms with Gasteiger partial charge in [0, 0.05) is 17.7 Å². The van der Waals surface area contributed by atoms with E-state index < -0.39 is 0 Å². The molecule has 1 N–H and O–H groups in total. The van der Waals surface area contributed by atoms with Gasteiger partial charge in [-0.05, 0) is 89.4 Å². The topological polar surface area (TPSA) is 76.8 Å². The number of nitrogens with one attached hydrogen (secondary N) is 1. The van der Waals surface area contributed by atoms with Gasteiger partial charge in [-0.25, -0.2) is 0 Å². The molecule has 0 atom stereocenters. The lowest BCUT2D eigenvalue weighted by Gasteiger charge is -2.34. The van der Waals surface area contributed by atoms with E-state index in [1.54, 1.807) is 0 Å². The molecule has 33 heavy (non-hydrogen) atoms. The molecule has 0 unspecified atom stereocenters. The maximum atomic E-state index is 12.3. The van der Waals surface area contributed by atoms with Crippen molar-refractivity contribution in [2.24, 2.45) is 5.92 Å². The summed E-state index contributed by atoms with van der Waals surface area (Å²) in [6, 6.07) is 8.42. The summed E-state index contributed by atoms with van der Waals surface area (Å²) >= 11 is 0. The Morgan fingerprint density at radius 3 is 2.70 bits per heavy atom. The number of hydrogen-bond donors (Lipinski definition) is 1. The zero-order valence-corrected chi connectivity index (χ0v) is 19.6. The lowest BCUT2D eigenvalue weighted by Crippen LogP contribution is -2.39. The first-order valence-corrected chi connectivity index (χ1v) is 12.5. The highest BCUT2D eigenvalue weighted by Gasteiger charge is 2.28. The monoisotopic (exact) mass is 453 g/mol. The number of carbonyl (C=O) groups is 1. The van der Waals surface area contributed by atoms with Gasteiger partial charge in [0.15, 0.2) is 11.5 Å². The highest BCUT2D eigenvalue weighted by molar-refractivity contribution is 5.78. The summed E-state index contributed by atoms with van der Waals surface area (Å²) in [5.41, 5.74) is 2.14. The molecule has 5 rings (SSSR count). The van der Waals surface area contributed by atoms with Gasteiger partial charge in [0.25, 0.3) is 0 Å². The Bertz CT molecular complexity index is 943. The average Bonchev–Trinajstić information content (AvgIpc) is 3.47. The number of amides is 1. The minimum atomic E-state index is 0.0403. The Hall–Kier alpha value is -2.54. The van der Waals surface area contributed by atoms with E-state index in [-0.39, 0.29) is 12.3 Å². The number of hydrogen-bond acceptors (Lipinski definition) is 6. The molecule has 1 aromatic heterocycles. The van der Waals surface area contributed by atoms with Crippen molar-refractivity contribution in [1.82, 2.24) is 15.4 Å². The Balaban J connectivity index is 0.997. The number of likely N-dealkylation sites (tertiary alicyclic amines) is 1. The van der Waals surface area contributed by atoms with Crippen molar-refractivity contribution in [3.05, 3.63) is 41.3 Å². The molecule has 7 heteroatoms. The van der Waals surface area contributed by atoms with Gasteiger partial charge in [0.05, 0.1) is 12.1 Å². The predicted molar refractivity (Wildman–Crippen MR) is 124 cm³/mol. The van der Waals surface area contributed by atoms with Crippen molar-refractivity contribution in [1.29, 1.82) is 0 Å². The molecule has 3 aliphatic rings. The van der Waals surface area contributed by atoms with Crippen molar-refractivity contribution in [2.75, 3.05) is 26.4 Å². The van der Waals surface area contributed by atoms with Crippen LogP contribution in [0, 0.1) is 12.8 Å². The van der Waals surface area contributed by atoms with Crippen LogP contribution in [0.5, 0.6) is 11.5 Å². The number of fused-ring (bicyclic) bond motifs is 1. The van der Waals surface area contributed by atoms with Gasteiger partial charge < -0.3 is 24.2 Å². The van der Waals surface area contributed by atoms with E-state index in [4.69, 9.17) is 14.0 Å². The van der Waals surface area contributed by atoms with Crippen LogP contribution in [-0.2, 0) is 11.2 Å². The number of benzene rings is 1. The van der Waals surface area contributed by atoms with Crippen molar-refractivity contribution >= 4 is 5.91 Å². The number of nitrogens with zero attached hydrogens (tertiary/aromatic N) is 2. The zero-order chi connectivity index (χ0) is 22.6. The molecular weight excluding hydrogens is 418 g/mol. The third-order valence-corrected chi connectivity index (χ3v) is 7.53. The van der Waals surface area contributed by atoms with Crippen LogP contribution in [0.3, 0.4) is 0 Å². The Morgan fingerprint density at radius 2 is 1.94 bits per heavy atom. The lowest BCUT2D eigenvalue weighted by atomic mass is 9.83. The summed E-state index contributed by atoms with van der Waals surface area (Å²) < 4.78 is 16.4.